The van der Waals surface area contributed by atoms with Crippen LogP contribution in [0, 0.1) is 0 Å². The van der Waals surface area contributed by atoms with Gasteiger partial charge in [-0.3, -0.25) is 9.52 Å². The molecule has 0 aromatic heterocycles. The molecule has 2 N–H and O–H groups in total. The van der Waals surface area contributed by atoms with Crippen molar-refractivity contribution in [3.05, 3.63) is 76.8 Å². The highest BCUT2D eigenvalue weighted by Gasteiger charge is 2.21. The highest BCUT2D eigenvalue weighted by molar-refractivity contribution is 7.92. The van der Waals surface area contributed by atoms with Crippen LogP contribution >= 0.6 is 23.2 Å². The number of para-hydroxylation sites is 3. The zero-order valence-electron chi connectivity index (χ0n) is 16.3. The summed E-state index contributed by atoms with van der Waals surface area (Å²) < 4.78 is 38.7. The zero-order valence-corrected chi connectivity index (χ0v) is 18.6. The van der Waals surface area contributed by atoms with Gasteiger partial charge in [0.05, 0.1) is 22.8 Å². The van der Waals surface area contributed by atoms with Crippen LogP contribution in [0.4, 0.5) is 11.4 Å². The topological polar surface area (TPSA) is 93.7 Å². The molecule has 0 atom stereocenters. The van der Waals surface area contributed by atoms with E-state index in [1.165, 1.54) is 25.3 Å². The Bertz CT molecular complexity index is 1200. The van der Waals surface area contributed by atoms with Crippen molar-refractivity contribution in [1.29, 1.82) is 0 Å². The molecule has 3 aromatic carbocycles. The third kappa shape index (κ3) is 5.81. The first-order chi connectivity index (χ1) is 14.8. The van der Waals surface area contributed by atoms with Crippen molar-refractivity contribution in [3.63, 3.8) is 0 Å². The lowest BCUT2D eigenvalue weighted by molar-refractivity contribution is -0.118. The zero-order chi connectivity index (χ0) is 22.4. The summed E-state index contributed by atoms with van der Waals surface area (Å²) in [6, 6.07) is 17.4. The lowest BCUT2D eigenvalue weighted by atomic mass is 10.3. The Balaban J connectivity index is 1.75. The average molecular weight is 481 g/mol. The molecule has 7 nitrogen and oxygen atoms in total. The maximum atomic E-state index is 12.9. The number of rotatable bonds is 8. The smallest absolute Gasteiger partial charge is 0.263 e. The van der Waals surface area contributed by atoms with Crippen molar-refractivity contribution in [2.45, 2.75) is 4.90 Å². The van der Waals surface area contributed by atoms with E-state index in [0.29, 0.717) is 16.5 Å². The number of carbonyl (C=O) groups is 1. The van der Waals surface area contributed by atoms with Crippen LogP contribution in [-0.4, -0.2) is 28.0 Å². The third-order valence-corrected chi connectivity index (χ3v) is 6.21. The summed E-state index contributed by atoms with van der Waals surface area (Å²) in [5, 5.41) is 2.94. The van der Waals surface area contributed by atoms with Gasteiger partial charge in [-0.1, -0.05) is 47.5 Å². The number of carbonyl (C=O) groups excluding carboxylic acids is 1. The average Bonchev–Trinajstić information content (AvgIpc) is 2.74. The van der Waals surface area contributed by atoms with Gasteiger partial charge in [0.2, 0.25) is 0 Å². The number of benzene rings is 3. The van der Waals surface area contributed by atoms with Gasteiger partial charge in [0.15, 0.2) is 6.61 Å². The summed E-state index contributed by atoms with van der Waals surface area (Å²) in [6.07, 6.45) is 0. The van der Waals surface area contributed by atoms with E-state index >= 15 is 0 Å². The van der Waals surface area contributed by atoms with E-state index in [9.17, 15) is 13.2 Å². The molecule has 10 heteroatoms. The molecule has 0 aliphatic carbocycles. The summed E-state index contributed by atoms with van der Waals surface area (Å²) in [4.78, 5) is 12.0. The number of ether oxygens (including phenoxy) is 2. The molecule has 0 aliphatic rings. The van der Waals surface area contributed by atoms with Gasteiger partial charge in [0, 0.05) is 5.69 Å². The Labute approximate surface area is 189 Å². The quantitative estimate of drug-likeness (QED) is 0.481. The Morgan fingerprint density at radius 2 is 1.61 bits per heavy atom. The van der Waals surface area contributed by atoms with Crippen molar-refractivity contribution in [2.75, 3.05) is 23.8 Å². The molecule has 0 radical (unpaired) electrons. The summed E-state index contributed by atoms with van der Waals surface area (Å²) in [6.45, 7) is -0.312. The molecule has 0 spiro atoms. The molecule has 162 valence electrons. The molecule has 0 unspecified atom stereocenters. The van der Waals surface area contributed by atoms with Gasteiger partial charge in [0.1, 0.15) is 16.4 Å². The summed E-state index contributed by atoms with van der Waals surface area (Å²) in [5.74, 6) is 0.214. The van der Waals surface area contributed by atoms with E-state index in [2.05, 4.69) is 10.0 Å². The number of anilines is 2. The van der Waals surface area contributed by atoms with Crippen LogP contribution in [0.15, 0.2) is 71.6 Å². The van der Waals surface area contributed by atoms with Crippen molar-refractivity contribution >= 4 is 50.5 Å². The van der Waals surface area contributed by atoms with Crippen LogP contribution < -0.4 is 19.5 Å². The fourth-order valence-electron chi connectivity index (χ4n) is 2.62. The first kappa shape index (κ1) is 22.7. The van der Waals surface area contributed by atoms with E-state index in [-0.39, 0.29) is 27.9 Å². The fraction of sp³-hybridized carbons (Fsp3) is 0.0952. The normalized spacial score (nSPS) is 10.9. The third-order valence-electron chi connectivity index (χ3n) is 4.05. The monoisotopic (exact) mass is 480 g/mol. The first-order valence-corrected chi connectivity index (χ1v) is 11.2. The highest BCUT2D eigenvalue weighted by Crippen LogP contribution is 2.30. The molecule has 0 aliphatic heterocycles. The minimum atomic E-state index is -4.06. The number of halogens is 2. The van der Waals surface area contributed by atoms with Crippen molar-refractivity contribution < 1.29 is 22.7 Å². The van der Waals surface area contributed by atoms with Gasteiger partial charge >= 0.3 is 0 Å². The minimum Gasteiger partial charge on any atom is -0.495 e. The first-order valence-electron chi connectivity index (χ1n) is 8.93. The molecule has 0 saturated carbocycles. The van der Waals surface area contributed by atoms with Gasteiger partial charge in [-0.2, -0.15) is 0 Å². The number of sulfonamides is 1. The van der Waals surface area contributed by atoms with E-state index < -0.39 is 15.9 Å². The van der Waals surface area contributed by atoms with Crippen LogP contribution in [0.25, 0.3) is 0 Å². The fourth-order valence-corrected chi connectivity index (χ4v) is 4.41. The second-order valence-corrected chi connectivity index (χ2v) is 8.68. The van der Waals surface area contributed by atoms with Crippen LogP contribution in [0.3, 0.4) is 0 Å². The number of nitrogens with one attached hydrogen (secondary N) is 2. The largest absolute Gasteiger partial charge is 0.495 e. The molecule has 3 aromatic rings. The highest BCUT2D eigenvalue weighted by atomic mass is 35.5. The van der Waals surface area contributed by atoms with Gasteiger partial charge in [-0.05, 0) is 42.5 Å². The Kier molecular flexibility index (Phi) is 7.27. The number of amides is 1. The molecule has 0 bridgehead atoms. The molecule has 1 amide bonds. The lowest BCUT2D eigenvalue weighted by Gasteiger charge is -2.14. The summed E-state index contributed by atoms with van der Waals surface area (Å²) in [7, 11) is -2.63. The van der Waals surface area contributed by atoms with Crippen LogP contribution in [0.2, 0.25) is 10.0 Å². The predicted molar refractivity (Wildman–Crippen MR) is 121 cm³/mol. The molecular formula is C21H18Cl2N2O5S. The Morgan fingerprint density at radius 3 is 2.32 bits per heavy atom. The van der Waals surface area contributed by atoms with Gasteiger partial charge in [-0.25, -0.2) is 8.42 Å². The van der Waals surface area contributed by atoms with Crippen LogP contribution in [0.1, 0.15) is 0 Å². The van der Waals surface area contributed by atoms with Crippen molar-refractivity contribution in [1.82, 2.24) is 0 Å². The SMILES string of the molecule is COc1ccccc1NS(=O)(=O)c1cc(NC(=O)COc2ccccc2Cl)ccc1Cl. The van der Waals surface area contributed by atoms with E-state index in [4.69, 9.17) is 32.7 Å². The standard InChI is InChI=1S/C21H18Cl2N2O5S/c1-29-19-9-5-3-7-17(19)25-31(27,28)20-12-14(10-11-16(20)23)24-21(26)13-30-18-8-4-2-6-15(18)22/h2-12,25H,13H2,1H3,(H,24,26). The molecule has 31 heavy (non-hydrogen) atoms. The van der Waals surface area contributed by atoms with Crippen molar-refractivity contribution in [3.8, 4) is 11.5 Å². The maximum absolute atomic E-state index is 12.9. The molecule has 0 fully saturated rings. The Hall–Kier alpha value is -2.94. The lowest BCUT2D eigenvalue weighted by Crippen LogP contribution is -2.21. The van der Waals surface area contributed by atoms with Crippen LogP contribution in [0.5, 0.6) is 11.5 Å². The van der Waals surface area contributed by atoms with E-state index in [1.54, 1.807) is 48.5 Å². The van der Waals surface area contributed by atoms with Gasteiger partial charge < -0.3 is 14.8 Å². The number of methoxy groups -OCH3 is 1. The van der Waals surface area contributed by atoms with Crippen LogP contribution in [-0.2, 0) is 14.8 Å². The van der Waals surface area contributed by atoms with E-state index in [0.717, 1.165) is 0 Å². The second-order valence-electron chi connectivity index (χ2n) is 6.22. The minimum absolute atomic E-state index is 0.00675. The predicted octanol–water partition coefficient (Wildman–Crippen LogP) is 4.82. The molecular weight excluding hydrogens is 463 g/mol. The molecule has 0 saturated heterocycles. The maximum Gasteiger partial charge on any atom is 0.263 e. The summed E-state index contributed by atoms with van der Waals surface area (Å²) >= 11 is 12.1. The molecule has 3 rings (SSSR count). The Morgan fingerprint density at radius 1 is 0.935 bits per heavy atom. The molecule has 0 heterocycles. The van der Waals surface area contributed by atoms with Gasteiger partial charge in [-0.15, -0.1) is 0 Å². The van der Waals surface area contributed by atoms with E-state index in [1.807, 2.05) is 0 Å². The van der Waals surface area contributed by atoms with Crippen molar-refractivity contribution in [2.24, 2.45) is 0 Å². The number of hydrogen-bond acceptors (Lipinski definition) is 5. The van der Waals surface area contributed by atoms with Gasteiger partial charge in [0.25, 0.3) is 15.9 Å². The summed E-state index contributed by atoms with van der Waals surface area (Å²) in [5.41, 5.74) is 0.487. The number of hydrogen-bond donors (Lipinski definition) is 2. The second kappa shape index (κ2) is 9.91.